The van der Waals surface area contributed by atoms with Crippen LogP contribution in [0.25, 0.3) is 32.8 Å². The van der Waals surface area contributed by atoms with Crippen molar-refractivity contribution in [2.75, 3.05) is 6.61 Å². The number of aromatic nitrogens is 2. The van der Waals surface area contributed by atoms with Gasteiger partial charge in [-0.3, -0.25) is 4.79 Å². The molecule has 0 bridgehead atoms. The quantitative estimate of drug-likeness (QED) is 0.313. The van der Waals surface area contributed by atoms with Crippen molar-refractivity contribution in [3.05, 3.63) is 111 Å². The number of benzene rings is 4. The minimum Gasteiger partial charge on any atom is -0.490 e. The molecule has 35 heavy (non-hydrogen) atoms. The molecule has 0 saturated carbocycles. The minimum absolute atomic E-state index is 0.0621. The van der Waals surface area contributed by atoms with Crippen LogP contribution < -0.4 is 19.6 Å². The first-order valence-corrected chi connectivity index (χ1v) is 12.3. The smallest absolute Gasteiger partial charge is 0.274 e. The van der Waals surface area contributed by atoms with Crippen LogP contribution >= 0.6 is 11.3 Å². The first kappa shape index (κ1) is 21.4. The highest BCUT2D eigenvalue weighted by atomic mass is 32.1. The van der Waals surface area contributed by atoms with Gasteiger partial charge in [-0.1, -0.05) is 72.0 Å². The number of para-hydroxylation sites is 2. The molecule has 6 aromatic rings. The second kappa shape index (κ2) is 8.89. The Hall–Kier alpha value is -4.16. The Bertz CT molecular complexity index is 1800. The van der Waals surface area contributed by atoms with Crippen LogP contribution in [0.1, 0.15) is 18.1 Å². The third kappa shape index (κ3) is 3.92. The maximum atomic E-state index is 13.1. The van der Waals surface area contributed by atoms with Gasteiger partial charge in [-0.25, -0.2) is 9.38 Å². The zero-order chi connectivity index (χ0) is 23.8. The van der Waals surface area contributed by atoms with Crippen molar-refractivity contribution in [1.29, 1.82) is 0 Å². The van der Waals surface area contributed by atoms with E-state index in [0.29, 0.717) is 34.2 Å². The van der Waals surface area contributed by atoms with E-state index in [1.165, 1.54) is 22.1 Å². The van der Waals surface area contributed by atoms with Gasteiger partial charge in [0, 0.05) is 0 Å². The molecule has 4 aromatic carbocycles. The van der Waals surface area contributed by atoms with Crippen molar-refractivity contribution in [2.24, 2.45) is 0 Å². The van der Waals surface area contributed by atoms with Gasteiger partial charge < -0.3 is 9.47 Å². The van der Waals surface area contributed by atoms with E-state index in [1.54, 1.807) is 4.40 Å². The average molecular weight is 479 g/mol. The summed E-state index contributed by atoms with van der Waals surface area (Å²) in [6, 6.07) is 28.0. The van der Waals surface area contributed by atoms with Gasteiger partial charge in [0.1, 0.15) is 6.61 Å². The lowest BCUT2D eigenvalue weighted by molar-refractivity contribution is 0.270. The Kier molecular flexibility index (Phi) is 5.43. The van der Waals surface area contributed by atoms with Crippen LogP contribution in [0.3, 0.4) is 0 Å². The van der Waals surface area contributed by atoms with Crippen LogP contribution in [0.5, 0.6) is 11.5 Å². The number of rotatable bonds is 6. The van der Waals surface area contributed by atoms with Crippen molar-refractivity contribution in [3.63, 3.8) is 0 Å². The zero-order valence-electron chi connectivity index (χ0n) is 19.1. The SMILES string of the molecule is CCOc1cc(/C=c2/sc3nc4ccccc4n3c2=O)ccc1OCc1cccc2ccccc12. The summed E-state index contributed by atoms with van der Waals surface area (Å²) in [5.74, 6) is 1.33. The van der Waals surface area contributed by atoms with Gasteiger partial charge in [-0.2, -0.15) is 0 Å². The van der Waals surface area contributed by atoms with Crippen LogP contribution in [-0.2, 0) is 6.61 Å². The fourth-order valence-electron chi connectivity index (χ4n) is 4.34. The molecule has 0 aliphatic carbocycles. The molecule has 0 radical (unpaired) electrons. The Morgan fingerprint density at radius 3 is 2.66 bits per heavy atom. The molecule has 0 amide bonds. The number of fused-ring (bicyclic) bond motifs is 4. The largest absolute Gasteiger partial charge is 0.490 e. The van der Waals surface area contributed by atoms with Gasteiger partial charge in [-0.15, -0.1) is 0 Å². The lowest BCUT2D eigenvalue weighted by Crippen LogP contribution is -2.22. The first-order chi connectivity index (χ1) is 17.2. The maximum Gasteiger partial charge on any atom is 0.274 e. The number of thiazole rings is 1. The molecule has 6 heteroatoms. The van der Waals surface area contributed by atoms with Crippen molar-refractivity contribution in [1.82, 2.24) is 9.38 Å². The Balaban J connectivity index is 1.34. The van der Waals surface area contributed by atoms with Crippen molar-refractivity contribution < 1.29 is 9.47 Å². The van der Waals surface area contributed by atoms with Crippen LogP contribution in [-0.4, -0.2) is 16.0 Å². The summed E-state index contributed by atoms with van der Waals surface area (Å²) in [5.41, 5.74) is 3.58. The number of nitrogens with zero attached hydrogens (tertiary/aromatic N) is 2. The third-order valence-corrected chi connectivity index (χ3v) is 6.94. The van der Waals surface area contributed by atoms with E-state index < -0.39 is 0 Å². The molecule has 0 atom stereocenters. The third-order valence-electron chi connectivity index (χ3n) is 5.97. The molecule has 0 saturated heterocycles. The lowest BCUT2D eigenvalue weighted by atomic mass is 10.1. The highest BCUT2D eigenvalue weighted by Crippen LogP contribution is 2.30. The molecule has 5 nitrogen and oxygen atoms in total. The van der Waals surface area contributed by atoms with E-state index in [2.05, 4.69) is 29.2 Å². The highest BCUT2D eigenvalue weighted by Gasteiger charge is 2.12. The van der Waals surface area contributed by atoms with E-state index in [1.807, 2.05) is 73.7 Å². The molecule has 0 N–H and O–H groups in total. The van der Waals surface area contributed by atoms with E-state index in [0.717, 1.165) is 22.2 Å². The van der Waals surface area contributed by atoms with Gasteiger partial charge in [0.05, 0.1) is 22.2 Å². The van der Waals surface area contributed by atoms with Crippen LogP contribution in [0.4, 0.5) is 0 Å². The molecule has 172 valence electrons. The molecule has 0 unspecified atom stereocenters. The molecule has 2 aromatic heterocycles. The molecule has 6 rings (SSSR count). The molecule has 2 heterocycles. The molecule has 0 aliphatic rings. The fourth-order valence-corrected chi connectivity index (χ4v) is 5.33. The van der Waals surface area contributed by atoms with Crippen molar-refractivity contribution in [2.45, 2.75) is 13.5 Å². The lowest BCUT2D eigenvalue weighted by Gasteiger charge is -2.13. The Morgan fingerprint density at radius 2 is 1.74 bits per heavy atom. The predicted molar refractivity (Wildman–Crippen MR) is 142 cm³/mol. The normalized spacial score (nSPS) is 12.1. The summed E-state index contributed by atoms with van der Waals surface area (Å²) in [4.78, 5) is 18.4. The molecular weight excluding hydrogens is 456 g/mol. The van der Waals surface area contributed by atoms with E-state index in [4.69, 9.17) is 9.47 Å². The van der Waals surface area contributed by atoms with E-state index in [9.17, 15) is 4.79 Å². The van der Waals surface area contributed by atoms with Crippen LogP contribution in [0.15, 0.2) is 89.7 Å². The summed E-state index contributed by atoms with van der Waals surface area (Å²) in [5, 5.41) is 2.36. The van der Waals surface area contributed by atoms with Gasteiger partial charge >= 0.3 is 0 Å². The van der Waals surface area contributed by atoms with Gasteiger partial charge in [0.15, 0.2) is 16.5 Å². The van der Waals surface area contributed by atoms with Gasteiger partial charge in [0.25, 0.3) is 5.56 Å². The number of hydrogen-bond acceptors (Lipinski definition) is 5. The van der Waals surface area contributed by atoms with Crippen LogP contribution in [0, 0.1) is 0 Å². The van der Waals surface area contributed by atoms with Gasteiger partial charge in [0.2, 0.25) is 0 Å². The zero-order valence-corrected chi connectivity index (χ0v) is 19.9. The summed E-state index contributed by atoms with van der Waals surface area (Å²) in [7, 11) is 0. The summed E-state index contributed by atoms with van der Waals surface area (Å²) in [6.07, 6.45) is 1.88. The van der Waals surface area contributed by atoms with Crippen LogP contribution in [0.2, 0.25) is 0 Å². The predicted octanol–water partition coefficient (Wildman–Crippen LogP) is 5.59. The second-order valence-electron chi connectivity index (χ2n) is 8.20. The molecular formula is C29H22N2O3S. The molecule has 0 aliphatic heterocycles. The molecule has 0 spiro atoms. The number of hydrogen-bond donors (Lipinski definition) is 0. The Morgan fingerprint density at radius 1 is 0.914 bits per heavy atom. The average Bonchev–Trinajstić information content (AvgIpc) is 3.39. The van der Waals surface area contributed by atoms with Gasteiger partial charge in [-0.05, 0) is 59.2 Å². The minimum atomic E-state index is -0.0621. The number of ether oxygens (including phenoxy) is 2. The van der Waals surface area contributed by atoms with Crippen molar-refractivity contribution in [3.8, 4) is 11.5 Å². The maximum absolute atomic E-state index is 13.1. The standard InChI is InChI=1S/C29H22N2O3S/c1-2-33-26-16-19(17-27-28(32)31-24-13-6-5-12-23(24)30-29(31)35-27)14-15-25(26)34-18-21-10-7-9-20-8-3-4-11-22(20)21/h3-17H,2,18H2,1H3/b27-17+. The first-order valence-electron chi connectivity index (χ1n) is 11.5. The number of imidazole rings is 1. The van der Waals surface area contributed by atoms with Crippen molar-refractivity contribution >= 4 is 44.2 Å². The topological polar surface area (TPSA) is 52.8 Å². The fraction of sp³-hybridized carbons (Fsp3) is 0.103. The van der Waals surface area contributed by atoms with E-state index >= 15 is 0 Å². The summed E-state index contributed by atoms with van der Waals surface area (Å²) >= 11 is 1.39. The molecule has 0 fully saturated rings. The monoisotopic (exact) mass is 478 g/mol. The summed E-state index contributed by atoms with van der Waals surface area (Å²) in [6.45, 7) is 2.89. The second-order valence-corrected chi connectivity index (χ2v) is 9.21. The van der Waals surface area contributed by atoms with E-state index in [-0.39, 0.29) is 5.56 Å². The Labute approximate surface area is 205 Å². The highest BCUT2D eigenvalue weighted by molar-refractivity contribution is 7.15. The summed E-state index contributed by atoms with van der Waals surface area (Å²) < 4.78 is 14.4.